The third kappa shape index (κ3) is 4.09. The van der Waals surface area contributed by atoms with E-state index in [1.165, 1.54) is 4.90 Å². The maximum atomic E-state index is 11.9. The number of nitrogens with two attached hydrogens (primary N) is 1. The van der Waals surface area contributed by atoms with Crippen molar-refractivity contribution in [2.24, 2.45) is 5.73 Å². The number of nitrogens with one attached hydrogen (secondary N) is 1. The molecule has 8 nitrogen and oxygen atoms in total. The molecule has 0 bridgehead atoms. The van der Waals surface area contributed by atoms with Crippen LogP contribution in [0.1, 0.15) is 19.8 Å². The van der Waals surface area contributed by atoms with Crippen molar-refractivity contribution in [2.75, 3.05) is 13.7 Å². The van der Waals surface area contributed by atoms with Crippen LogP contribution in [0.4, 0.5) is 4.79 Å². The Labute approximate surface area is 110 Å². The molecule has 1 heterocycles. The number of aliphatic carboxylic acids is 1. The minimum atomic E-state index is -1.31. The van der Waals surface area contributed by atoms with E-state index in [1.54, 1.807) is 7.05 Å². The summed E-state index contributed by atoms with van der Waals surface area (Å²) in [5.41, 5.74) is 4.94. The topological polar surface area (TPSA) is 122 Å². The standard InChI is InChI=1S/C11H19N3O5/c1-6-8(3-4-19-6)14(2)11(18)13-7(10(16)17)5-9(12)15/h6-8H,3-5H2,1-2H3,(H2,12,15)(H,13,18)(H,16,17). The van der Waals surface area contributed by atoms with Gasteiger partial charge in [0.25, 0.3) is 0 Å². The molecule has 0 aromatic rings. The normalized spacial score (nSPS) is 23.7. The highest BCUT2D eigenvalue weighted by molar-refractivity contribution is 5.87. The number of nitrogens with zero attached hydrogens (tertiary/aromatic N) is 1. The summed E-state index contributed by atoms with van der Waals surface area (Å²) in [6, 6.07) is -1.98. The van der Waals surface area contributed by atoms with Crippen molar-refractivity contribution in [2.45, 2.75) is 38.0 Å². The van der Waals surface area contributed by atoms with Crippen molar-refractivity contribution in [1.82, 2.24) is 10.2 Å². The maximum Gasteiger partial charge on any atom is 0.326 e. The quantitative estimate of drug-likeness (QED) is 0.601. The van der Waals surface area contributed by atoms with Crippen molar-refractivity contribution < 1.29 is 24.2 Å². The third-order valence-corrected chi connectivity index (χ3v) is 3.16. The lowest BCUT2D eigenvalue weighted by Gasteiger charge is -2.28. The summed E-state index contributed by atoms with van der Waals surface area (Å²) in [6.07, 6.45) is 0.153. The van der Waals surface area contributed by atoms with Crippen molar-refractivity contribution in [1.29, 1.82) is 0 Å². The lowest BCUT2D eigenvalue weighted by Crippen LogP contribution is -2.52. The molecule has 1 aliphatic heterocycles. The van der Waals surface area contributed by atoms with E-state index in [2.05, 4.69) is 5.32 Å². The first-order valence-electron chi connectivity index (χ1n) is 5.99. The SMILES string of the molecule is CC1OCCC1N(C)C(=O)NC(CC(N)=O)C(=O)O. The van der Waals surface area contributed by atoms with Gasteiger partial charge in [-0.15, -0.1) is 0 Å². The van der Waals surface area contributed by atoms with E-state index in [1.807, 2.05) is 6.92 Å². The molecule has 3 atom stereocenters. The van der Waals surface area contributed by atoms with Gasteiger partial charge in [0.1, 0.15) is 6.04 Å². The fraction of sp³-hybridized carbons (Fsp3) is 0.727. The monoisotopic (exact) mass is 273 g/mol. The zero-order valence-corrected chi connectivity index (χ0v) is 11.0. The number of ether oxygens (including phenoxy) is 1. The summed E-state index contributed by atoms with van der Waals surface area (Å²) in [5.74, 6) is -2.08. The van der Waals surface area contributed by atoms with Crippen LogP contribution in [0.3, 0.4) is 0 Å². The van der Waals surface area contributed by atoms with Gasteiger partial charge in [0.05, 0.1) is 18.6 Å². The first-order chi connectivity index (χ1) is 8.82. The van der Waals surface area contributed by atoms with Gasteiger partial charge in [0.2, 0.25) is 5.91 Å². The molecule has 1 rings (SSSR count). The molecule has 3 unspecified atom stereocenters. The third-order valence-electron chi connectivity index (χ3n) is 3.16. The highest BCUT2D eigenvalue weighted by Gasteiger charge is 2.32. The first kappa shape index (κ1) is 15.2. The van der Waals surface area contributed by atoms with Gasteiger partial charge in [-0.1, -0.05) is 0 Å². The van der Waals surface area contributed by atoms with Crippen molar-refractivity contribution >= 4 is 17.9 Å². The molecule has 4 N–H and O–H groups in total. The highest BCUT2D eigenvalue weighted by Crippen LogP contribution is 2.18. The molecule has 0 radical (unpaired) electrons. The zero-order valence-electron chi connectivity index (χ0n) is 11.0. The van der Waals surface area contributed by atoms with E-state index < -0.39 is 30.4 Å². The molecule has 3 amide bonds. The Morgan fingerprint density at radius 2 is 2.16 bits per heavy atom. The Morgan fingerprint density at radius 3 is 2.58 bits per heavy atom. The maximum absolute atomic E-state index is 11.9. The van der Waals surface area contributed by atoms with E-state index in [0.29, 0.717) is 13.0 Å². The Bertz CT molecular complexity index is 373. The molecule has 0 aromatic carbocycles. The predicted molar refractivity (Wildman–Crippen MR) is 65.3 cm³/mol. The van der Waals surface area contributed by atoms with Gasteiger partial charge in [-0.25, -0.2) is 9.59 Å². The van der Waals surface area contributed by atoms with E-state index in [-0.39, 0.29) is 12.1 Å². The predicted octanol–water partition coefficient (Wildman–Crippen LogP) is -0.866. The van der Waals surface area contributed by atoms with Gasteiger partial charge in [-0.05, 0) is 13.3 Å². The number of primary amides is 1. The van der Waals surface area contributed by atoms with Gasteiger partial charge in [-0.2, -0.15) is 0 Å². The molecule has 1 fully saturated rings. The fourth-order valence-corrected chi connectivity index (χ4v) is 2.03. The van der Waals surface area contributed by atoms with E-state index in [4.69, 9.17) is 15.6 Å². The van der Waals surface area contributed by atoms with Crippen LogP contribution in [0.5, 0.6) is 0 Å². The molecule has 108 valence electrons. The number of carboxylic acids is 1. The lowest BCUT2D eigenvalue weighted by molar-refractivity contribution is -0.141. The Morgan fingerprint density at radius 1 is 1.53 bits per heavy atom. The van der Waals surface area contributed by atoms with Gasteiger partial charge < -0.3 is 25.8 Å². The second-order valence-electron chi connectivity index (χ2n) is 4.55. The minimum absolute atomic E-state index is 0.102. The lowest BCUT2D eigenvalue weighted by atomic mass is 10.1. The van der Waals surface area contributed by atoms with Gasteiger partial charge in [0.15, 0.2) is 0 Å². The summed E-state index contributed by atoms with van der Waals surface area (Å²) < 4.78 is 5.34. The number of hydrogen-bond donors (Lipinski definition) is 3. The van der Waals surface area contributed by atoms with E-state index in [0.717, 1.165) is 0 Å². The summed E-state index contributed by atoms with van der Waals surface area (Å²) in [6.45, 7) is 2.41. The second-order valence-corrected chi connectivity index (χ2v) is 4.55. The van der Waals surface area contributed by atoms with Crippen LogP contribution in [-0.4, -0.2) is 59.8 Å². The van der Waals surface area contributed by atoms with E-state index in [9.17, 15) is 14.4 Å². The van der Waals surface area contributed by atoms with Crippen LogP contribution in [0.25, 0.3) is 0 Å². The number of carbonyl (C=O) groups excluding carboxylic acids is 2. The molecule has 0 saturated carbocycles. The van der Waals surface area contributed by atoms with Crippen LogP contribution in [-0.2, 0) is 14.3 Å². The number of carboxylic acid groups (broad SMARTS) is 1. The summed E-state index contributed by atoms with van der Waals surface area (Å²) in [5, 5.41) is 11.2. The highest BCUT2D eigenvalue weighted by atomic mass is 16.5. The van der Waals surface area contributed by atoms with Crippen LogP contribution in [0.15, 0.2) is 0 Å². The second kappa shape index (κ2) is 6.37. The molecular formula is C11H19N3O5. The number of carbonyl (C=O) groups is 3. The summed E-state index contributed by atoms with van der Waals surface area (Å²) >= 11 is 0. The first-order valence-corrected chi connectivity index (χ1v) is 5.99. The van der Waals surface area contributed by atoms with Crippen molar-refractivity contribution in [3.8, 4) is 0 Å². The molecule has 1 saturated heterocycles. The van der Waals surface area contributed by atoms with Crippen LogP contribution in [0, 0.1) is 0 Å². The largest absolute Gasteiger partial charge is 0.480 e. The van der Waals surface area contributed by atoms with Gasteiger partial charge in [0, 0.05) is 13.7 Å². The van der Waals surface area contributed by atoms with Gasteiger partial charge in [-0.3, -0.25) is 4.79 Å². The van der Waals surface area contributed by atoms with Crippen molar-refractivity contribution in [3.63, 3.8) is 0 Å². The zero-order chi connectivity index (χ0) is 14.6. The molecular weight excluding hydrogens is 254 g/mol. The smallest absolute Gasteiger partial charge is 0.326 e. The fourth-order valence-electron chi connectivity index (χ4n) is 2.03. The number of urea groups is 1. The minimum Gasteiger partial charge on any atom is -0.480 e. The van der Waals surface area contributed by atoms with E-state index >= 15 is 0 Å². The van der Waals surface area contributed by atoms with Crippen LogP contribution >= 0.6 is 0 Å². The molecule has 0 aliphatic carbocycles. The Hall–Kier alpha value is -1.83. The molecule has 8 heteroatoms. The average molecular weight is 273 g/mol. The number of hydrogen-bond acceptors (Lipinski definition) is 4. The summed E-state index contributed by atoms with van der Waals surface area (Å²) in [7, 11) is 1.56. The molecule has 19 heavy (non-hydrogen) atoms. The number of rotatable bonds is 5. The Balaban J connectivity index is 2.60. The number of likely N-dealkylation sites (N-methyl/N-ethyl adjacent to an activating group) is 1. The molecule has 1 aliphatic rings. The Kier molecular flexibility index (Phi) is 5.11. The van der Waals surface area contributed by atoms with Crippen molar-refractivity contribution in [3.05, 3.63) is 0 Å². The van der Waals surface area contributed by atoms with Crippen LogP contribution < -0.4 is 11.1 Å². The van der Waals surface area contributed by atoms with Crippen LogP contribution in [0.2, 0.25) is 0 Å². The average Bonchev–Trinajstić information content (AvgIpc) is 2.72. The van der Waals surface area contributed by atoms with Gasteiger partial charge >= 0.3 is 12.0 Å². The number of amides is 3. The summed E-state index contributed by atoms with van der Waals surface area (Å²) in [4.78, 5) is 35.0. The molecule has 0 aromatic heterocycles. The molecule has 0 spiro atoms.